The fourth-order valence-corrected chi connectivity index (χ4v) is 2.62. The minimum Gasteiger partial charge on any atom is -0.479 e. The van der Waals surface area contributed by atoms with Gasteiger partial charge >= 0.3 is 0 Å². The number of para-hydroxylation sites is 1. The molecule has 0 saturated heterocycles. The largest absolute Gasteiger partial charge is 0.479 e. The summed E-state index contributed by atoms with van der Waals surface area (Å²) in [5.41, 5.74) is 1.88. The van der Waals surface area contributed by atoms with Gasteiger partial charge in [-0.05, 0) is 42.7 Å². The van der Waals surface area contributed by atoms with Crippen LogP contribution in [0, 0.1) is 0 Å². The van der Waals surface area contributed by atoms with Gasteiger partial charge in [-0.3, -0.25) is 4.79 Å². The number of carbonyl (C=O) groups excluding carboxylic acids is 1. The third-order valence-electron chi connectivity index (χ3n) is 3.41. The molecule has 3 nitrogen and oxygen atoms in total. The minimum atomic E-state index is -0.686. The molecule has 2 rings (SSSR count). The van der Waals surface area contributed by atoms with Gasteiger partial charge in [-0.1, -0.05) is 55.2 Å². The number of ether oxygens (including phenoxy) is 1. The zero-order chi connectivity index (χ0) is 17.0. The molecule has 0 bridgehead atoms. The first kappa shape index (κ1) is 17.6. The van der Waals surface area contributed by atoms with Gasteiger partial charge in [0.15, 0.2) is 6.10 Å². The minimum absolute atomic E-state index is 0.232. The fourth-order valence-electron chi connectivity index (χ4n) is 2.16. The van der Waals surface area contributed by atoms with Gasteiger partial charge in [-0.2, -0.15) is 0 Å². The summed E-state index contributed by atoms with van der Waals surface area (Å²) < 4.78 is 5.63. The average Bonchev–Trinajstić information content (AvgIpc) is 2.50. The van der Waals surface area contributed by atoms with Crippen LogP contribution in [0.1, 0.15) is 32.3 Å². The van der Waals surface area contributed by atoms with Crippen molar-refractivity contribution in [1.29, 1.82) is 0 Å². The lowest BCUT2D eigenvalue weighted by molar-refractivity contribution is -0.122. The van der Waals surface area contributed by atoms with E-state index in [-0.39, 0.29) is 5.91 Å². The molecule has 0 fully saturated rings. The Morgan fingerprint density at radius 1 is 1.09 bits per heavy atom. The van der Waals surface area contributed by atoms with Crippen LogP contribution in [0.4, 0.5) is 5.69 Å². The van der Waals surface area contributed by atoms with Crippen LogP contribution in [0.2, 0.25) is 10.0 Å². The lowest BCUT2D eigenvalue weighted by atomic mass is 10.0. The highest BCUT2D eigenvalue weighted by atomic mass is 35.5. The molecule has 1 amide bonds. The second kappa shape index (κ2) is 7.71. The molecule has 0 saturated carbocycles. The van der Waals surface area contributed by atoms with Crippen molar-refractivity contribution in [3.63, 3.8) is 0 Å². The Hall–Kier alpha value is -1.71. The van der Waals surface area contributed by atoms with Gasteiger partial charge in [-0.25, -0.2) is 0 Å². The Labute approximate surface area is 146 Å². The second-order valence-electron chi connectivity index (χ2n) is 5.57. The first-order valence-electron chi connectivity index (χ1n) is 7.40. The lowest BCUT2D eigenvalue weighted by Gasteiger charge is -2.18. The van der Waals surface area contributed by atoms with E-state index in [2.05, 4.69) is 19.2 Å². The molecule has 0 aliphatic heterocycles. The van der Waals surface area contributed by atoms with Crippen LogP contribution in [0.3, 0.4) is 0 Å². The summed E-state index contributed by atoms with van der Waals surface area (Å²) in [6.07, 6.45) is -0.686. The van der Waals surface area contributed by atoms with E-state index in [4.69, 9.17) is 27.9 Å². The van der Waals surface area contributed by atoms with Crippen LogP contribution in [-0.2, 0) is 4.79 Å². The van der Waals surface area contributed by atoms with E-state index in [0.717, 1.165) is 11.3 Å². The summed E-state index contributed by atoms with van der Waals surface area (Å²) in [6, 6.07) is 12.6. The average molecular weight is 352 g/mol. The zero-order valence-electron chi connectivity index (χ0n) is 13.3. The molecule has 0 aliphatic carbocycles. The number of halogens is 2. The molecule has 5 heteroatoms. The van der Waals surface area contributed by atoms with Crippen molar-refractivity contribution in [3.05, 3.63) is 58.1 Å². The highest BCUT2D eigenvalue weighted by Gasteiger charge is 2.18. The van der Waals surface area contributed by atoms with Crippen LogP contribution in [0.5, 0.6) is 5.75 Å². The van der Waals surface area contributed by atoms with Crippen molar-refractivity contribution < 1.29 is 9.53 Å². The van der Waals surface area contributed by atoms with E-state index in [1.54, 1.807) is 25.1 Å². The number of nitrogens with one attached hydrogen (secondary N) is 1. The Bertz CT molecular complexity index is 701. The molecule has 0 spiro atoms. The molecule has 2 aromatic carbocycles. The summed E-state index contributed by atoms with van der Waals surface area (Å²) >= 11 is 11.9. The quantitative estimate of drug-likeness (QED) is 0.769. The van der Waals surface area contributed by atoms with E-state index in [1.807, 2.05) is 24.3 Å². The fraction of sp³-hybridized carbons (Fsp3) is 0.278. The van der Waals surface area contributed by atoms with E-state index in [0.29, 0.717) is 21.7 Å². The summed E-state index contributed by atoms with van der Waals surface area (Å²) in [7, 11) is 0. The number of hydrogen-bond donors (Lipinski definition) is 1. The van der Waals surface area contributed by atoms with Crippen molar-refractivity contribution in [2.24, 2.45) is 0 Å². The van der Waals surface area contributed by atoms with Gasteiger partial charge in [0, 0.05) is 10.7 Å². The molecule has 0 aromatic heterocycles. The second-order valence-corrected chi connectivity index (χ2v) is 6.41. The lowest BCUT2D eigenvalue weighted by Crippen LogP contribution is -2.30. The standard InChI is InChI=1S/C18H19Cl2NO2/c1-11(2)14-6-4-5-7-16(14)21-18(22)12(3)23-17-9-8-13(19)10-15(17)20/h4-12H,1-3H3,(H,21,22)/t12-/m1/s1. The van der Waals surface area contributed by atoms with E-state index < -0.39 is 6.10 Å². The van der Waals surface area contributed by atoms with Crippen molar-refractivity contribution >= 4 is 34.8 Å². The number of amides is 1. The number of rotatable bonds is 5. The summed E-state index contributed by atoms with van der Waals surface area (Å²) in [5.74, 6) is 0.508. The van der Waals surface area contributed by atoms with E-state index in [1.165, 1.54) is 0 Å². The van der Waals surface area contributed by atoms with Gasteiger partial charge in [0.2, 0.25) is 0 Å². The van der Waals surface area contributed by atoms with Gasteiger partial charge in [-0.15, -0.1) is 0 Å². The number of anilines is 1. The van der Waals surface area contributed by atoms with Gasteiger partial charge < -0.3 is 10.1 Å². The van der Waals surface area contributed by atoms with Crippen LogP contribution in [-0.4, -0.2) is 12.0 Å². The maximum atomic E-state index is 12.4. The topological polar surface area (TPSA) is 38.3 Å². The van der Waals surface area contributed by atoms with Crippen molar-refractivity contribution in [2.45, 2.75) is 32.8 Å². The monoisotopic (exact) mass is 351 g/mol. The molecular formula is C18H19Cl2NO2. The smallest absolute Gasteiger partial charge is 0.265 e. The summed E-state index contributed by atoms with van der Waals surface area (Å²) in [6.45, 7) is 5.84. The maximum Gasteiger partial charge on any atom is 0.265 e. The first-order chi connectivity index (χ1) is 10.9. The Morgan fingerprint density at radius 2 is 1.78 bits per heavy atom. The van der Waals surface area contributed by atoms with Crippen LogP contribution >= 0.6 is 23.2 Å². The third-order valence-corrected chi connectivity index (χ3v) is 3.94. The number of benzene rings is 2. The molecule has 1 atom stereocenters. The van der Waals surface area contributed by atoms with Crippen LogP contribution in [0.25, 0.3) is 0 Å². The normalized spacial score (nSPS) is 12.1. The van der Waals surface area contributed by atoms with Crippen molar-refractivity contribution in [3.8, 4) is 5.75 Å². The summed E-state index contributed by atoms with van der Waals surface area (Å²) in [5, 5.41) is 3.80. The van der Waals surface area contributed by atoms with Crippen LogP contribution < -0.4 is 10.1 Å². The predicted octanol–water partition coefficient (Wildman–Crippen LogP) is 5.52. The number of carbonyl (C=O) groups is 1. The highest BCUT2D eigenvalue weighted by Crippen LogP contribution is 2.29. The Morgan fingerprint density at radius 3 is 2.43 bits per heavy atom. The Balaban J connectivity index is 2.09. The molecule has 0 heterocycles. The first-order valence-corrected chi connectivity index (χ1v) is 8.15. The molecule has 1 N–H and O–H groups in total. The Kier molecular flexibility index (Phi) is 5.91. The molecule has 23 heavy (non-hydrogen) atoms. The van der Waals surface area contributed by atoms with E-state index >= 15 is 0 Å². The van der Waals surface area contributed by atoms with E-state index in [9.17, 15) is 4.79 Å². The molecule has 0 radical (unpaired) electrons. The van der Waals surface area contributed by atoms with Crippen molar-refractivity contribution in [1.82, 2.24) is 0 Å². The zero-order valence-corrected chi connectivity index (χ0v) is 14.8. The van der Waals surface area contributed by atoms with Gasteiger partial charge in [0.05, 0.1) is 5.02 Å². The van der Waals surface area contributed by atoms with Gasteiger partial charge in [0.25, 0.3) is 5.91 Å². The molecule has 0 unspecified atom stereocenters. The highest BCUT2D eigenvalue weighted by molar-refractivity contribution is 6.35. The molecule has 2 aromatic rings. The molecule has 122 valence electrons. The third kappa shape index (κ3) is 4.63. The van der Waals surface area contributed by atoms with Crippen molar-refractivity contribution in [2.75, 3.05) is 5.32 Å². The SMILES string of the molecule is CC(C)c1ccccc1NC(=O)[C@@H](C)Oc1ccc(Cl)cc1Cl. The van der Waals surface area contributed by atoms with Gasteiger partial charge in [0.1, 0.15) is 5.75 Å². The van der Waals surface area contributed by atoms with Crippen LogP contribution in [0.15, 0.2) is 42.5 Å². The number of hydrogen-bond acceptors (Lipinski definition) is 2. The summed E-state index contributed by atoms with van der Waals surface area (Å²) in [4.78, 5) is 12.4. The maximum absolute atomic E-state index is 12.4. The molecule has 0 aliphatic rings. The predicted molar refractivity (Wildman–Crippen MR) is 95.7 cm³/mol. The molecular weight excluding hydrogens is 333 g/mol.